The first-order chi connectivity index (χ1) is 9.36. The van der Waals surface area contributed by atoms with Crippen LogP contribution in [0, 0.1) is 23.7 Å². The molecule has 20 heavy (non-hydrogen) atoms. The minimum atomic E-state index is -1.46. The fourth-order valence-electron chi connectivity index (χ4n) is 2.98. The first-order valence-electron chi connectivity index (χ1n) is 7.35. The van der Waals surface area contributed by atoms with Crippen LogP contribution in [-0.2, 0) is 4.74 Å². The predicted molar refractivity (Wildman–Crippen MR) is 77.3 cm³/mol. The lowest BCUT2D eigenvalue weighted by molar-refractivity contribution is -0.276. The summed E-state index contributed by atoms with van der Waals surface area (Å²) >= 11 is 3.84. The molecule has 4 N–H and O–H groups in total. The van der Waals surface area contributed by atoms with Crippen molar-refractivity contribution in [2.75, 3.05) is 5.75 Å². The van der Waals surface area contributed by atoms with Crippen molar-refractivity contribution in [1.82, 2.24) is 0 Å². The molecule has 0 aromatic carbocycles. The summed E-state index contributed by atoms with van der Waals surface area (Å²) in [6.45, 7) is 4.77. The van der Waals surface area contributed by atoms with Gasteiger partial charge in [-0.15, -0.1) is 0 Å². The van der Waals surface area contributed by atoms with Gasteiger partial charge in [-0.05, 0) is 36.5 Å². The number of hydrogen-bond acceptors (Lipinski definition) is 6. The summed E-state index contributed by atoms with van der Waals surface area (Å²) in [6.07, 6.45) is -3.19. The van der Waals surface area contributed by atoms with E-state index in [4.69, 9.17) is 20.1 Å². The molecule has 9 atom stereocenters. The van der Waals surface area contributed by atoms with Gasteiger partial charge >= 0.3 is 0 Å². The highest BCUT2D eigenvalue weighted by molar-refractivity contribution is 7.80. The highest BCUT2D eigenvalue weighted by Gasteiger charge is 2.49. The zero-order chi connectivity index (χ0) is 15.0. The van der Waals surface area contributed by atoms with Crippen molar-refractivity contribution in [3.05, 3.63) is 0 Å². The lowest BCUT2D eigenvalue weighted by Gasteiger charge is -2.37. The van der Waals surface area contributed by atoms with Crippen LogP contribution in [0.15, 0.2) is 0 Å². The van der Waals surface area contributed by atoms with Crippen molar-refractivity contribution in [2.45, 2.75) is 57.4 Å². The summed E-state index contributed by atoms with van der Waals surface area (Å²) in [6, 6.07) is 0. The lowest BCUT2D eigenvalue weighted by Crippen LogP contribution is -2.57. The molecule has 0 radical (unpaired) electrons. The Morgan fingerprint density at radius 3 is 1.70 bits per heavy atom. The van der Waals surface area contributed by atoms with Gasteiger partial charge in [0.1, 0.15) is 18.3 Å². The molecule has 0 aromatic rings. The van der Waals surface area contributed by atoms with E-state index >= 15 is 0 Å². The van der Waals surface area contributed by atoms with Crippen LogP contribution in [0.25, 0.3) is 0 Å². The third kappa shape index (κ3) is 3.67. The predicted octanol–water partition coefficient (Wildman–Crippen LogP) is 0.0145. The zero-order valence-corrected chi connectivity index (χ0v) is 12.9. The molecule has 0 bridgehead atoms. The Bertz CT molecular complexity index is 310. The highest BCUT2D eigenvalue weighted by atomic mass is 32.1. The number of thiol groups is 1. The highest BCUT2D eigenvalue weighted by Crippen LogP contribution is 2.57. The Morgan fingerprint density at radius 1 is 0.900 bits per heavy atom. The largest absolute Gasteiger partial charge is 0.388 e. The normalized spacial score (nSPS) is 53.9. The molecule has 3 aliphatic rings. The summed E-state index contributed by atoms with van der Waals surface area (Å²) in [5, 5.41) is 36.4. The molecule has 118 valence electrons. The zero-order valence-electron chi connectivity index (χ0n) is 12.0. The van der Waals surface area contributed by atoms with Crippen LogP contribution in [0.3, 0.4) is 0 Å². The number of hydrogen-bond donors (Lipinski definition) is 5. The molecule has 1 heterocycles. The smallest absolute Gasteiger partial charge is 0.183 e. The van der Waals surface area contributed by atoms with Gasteiger partial charge < -0.3 is 25.2 Å². The molecule has 3 fully saturated rings. The van der Waals surface area contributed by atoms with Gasteiger partial charge in [0.05, 0.1) is 6.10 Å². The molecule has 1 aliphatic heterocycles. The number of rotatable bonds is 2. The number of aliphatic hydroxyl groups excluding tert-OH is 4. The maximum absolute atomic E-state index is 9.23. The molecule has 2 aliphatic carbocycles. The molecule has 1 saturated heterocycles. The van der Waals surface area contributed by atoms with Gasteiger partial charge in [0.15, 0.2) is 6.29 Å². The summed E-state index contributed by atoms with van der Waals surface area (Å²) in [5.41, 5.74) is 0. The van der Waals surface area contributed by atoms with Crippen molar-refractivity contribution < 1.29 is 25.2 Å². The van der Waals surface area contributed by atoms with Crippen molar-refractivity contribution in [3.63, 3.8) is 0 Å². The van der Waals surface area contributed by atoms with Crippen LogP contribution in [-0.4, -0.2) is 56.9 Å². The van der Waals surface area contributed by atoms with Crippen LogP contribution < -0.4 is 0 Å². The standard InChI is InChI=1S/C8H14.C6H12O5S/c1-5-3-7(5)8-4-6(8)2;7-3-2(1-12)11-6(10)5(9)4(3)8/h5-8H,3-4H2,1-2H3;2-10,12H,1H2. The molecule has 0 spiro atoms. The Labute approximate surface area is 125 Å². The molecule has 2 saturated carbocycles. The summed E-state index contributed by atoms with van der Waals surface area (Å²) in [7, 11) is 0. The quantitative estimate of drug-likeness (QED) is 0.464. The van der Waals surface area contributed by atoms with E-state index in [2.05, 4.69) is 26.5 Å². The van der Waals surface area contributed by atoms with Crippen LogP contribution in [0.2, 0.25) is 0 Å². The molecular weight excluding hydrogens is 280 g/mol. The van der Waals surface area contributed by atoms with E-state index in [9.17, 15) is 5.11 Å². The van der Waals surface area contributed by atoms with Gasteiger partial charge in [-0.25, -0.2) is 0 Å². The Hall–Kier alpha value is 0.150. The maximum atomic E-state index is 9.23. The molecular formula is C14H26O5S. The van der Waals surface area contributed by atoms with Gasteiger partial charge in [0.25, 0.3) is 0 Å². The van der Waals surface area contributed by atoms with E-state index in [0.717, 1.165) is 23.7 Å². The van der Waals surface area contributed by atoms with Gasteiger partial charge in [-0.3, -0.25) is 0 Å². The summed E-state index contributed by atoms with van der Waals surface area (Å²) in [5.74, 6) is 4.66. The van der Waals surface area contributed by atoms with E-state index in [1.807, 2.05) is 0 Å². The van der Waals surface area contributed by atoms with Crippen LogP contribution in [0.1, 0.15) is 26.7 Å². The first-order valence-corrected chi connectivity index (χ1v) is 7.98. The van der Waals surface area contributed by atoms with Gasteiger partial charge in [0.2, 0.25) is 0 Å². The summed E-state index contributed by atoms with van der Waals surface area (Å²) < 4.78 is 4.75. The van der Waals surface area contributed by atoms with Gasteiger partial charge in [-0.2, -0.15) is 12.6 Å². The Kier molecular flexibility index (Phi) is 5.37. The number of aliphatic hydroxyl groups is 4. The maximum Gasteiger partial charge on any atom is 0.183 e. The molecule has 0 aromatic heterocycles. The Morgan fingerprint density at radius 2 is 1.35 bits per heavy atom. The van der Waals surface area contributed by atoms with Gasteiger partial charge in [0, 0.05) is 5.75 Å². The number of ether oxygens (including phenoxy) is 1. The lowest BCUT2D eigenvalue weighted by atomic mass is 10.0. The van der Waals surface area contributed by atoms with E-state index in [0.29, 0.717) is 0 Å². The van der Waals surface area contributed by atoms with E-state index < -0.39 is 30.7 Å². The van der Waals surface area contributed by atoms with Crippen LogP contribution >= 0.6 is 12.6 Å². The average Bonchev–Trinajstić information content (AvgIpc) is 3.31. The van der Waals surface area contributed by atoms with Gasteiger partial charge in [-0.1, -0.05) is 13.8 Å². The minimum absolute atomic E-state index is 0.169. The fourth-order valence-corrected chi connectivity index (χ4v) is 3.28. The van der Waals surface area contributed by atoms with Crippen molar-refractivity contribution in [2.24, 2.45) is 23.7 Å². The third-order valence-corrected chi connectivity index (χ3v) is 5.12. The monoisotopic (exact) mass is 306 g/mol. The SMILES string of the molecule is CC1CC1C1CC1C.OC1OC(CS)C(O)C(O)C1O. The molecule has 3 rings (SSSR count). The summed E-state index contributed by atoms with van der Waals surface area (Å²) in [4.78, 5) is 0. The second-order valence-electron chi connectivity index (χ2n) is 6.47. The minimum Gasteiger partial charge on any atom is -0.388 e. The van der Waals surface area contributed by atoms with E-state index in [1.165, 1.54) is 12.8 Å². The second-order valence-corrected chi connectivity index (χ2v) is 6.84. The molecule has 5 nitrogen and oxygen atoms in total. The molecule has 9 unspecified atom stereocenters. The molecule has 6 heteroatoms. The Balaban J connectivity index is 0.000000157. The topological polar surface area (TPSA) is 90.2 Å². The second kappa shape index (κ2) is 6.50. The van der Waals surface area contributed by atoms with Crippen molar-refractivity contribution in [1.29, 1.82) is 0 Å². The van der Waals surface area contributed by atoms with Crippen molar-refractivity contribution in [3.8, 4) is 0 Å². The fraction of sp³-hybridized carbons (Fsp3) is 1.00. The van der Waals surface area contributed by atoms with Crippen LogP contribution in [0.4, 0.5) is 0 Å². The van der Waals surface area contributed by atoms with E-state index in [-0.39, 0.29) is 5.75 Å². The van der Waals surface area contributed by atoms with E-state index in [1.54, 1.807) is 0 Å². The van der Waals surface area contributed by atoms with Crippen molar-refractivity contribution >= 4 is 12.6 Å². The average molecular weight is 306 g/mol. The van der Waals surface area contributed by atoms with Crippen LogP contribution in [0.5, 0.6) is 0 Å². The molecule has 0 amide bonds. The first kappa shape index (κ1) is 16.5. The third-order valence-electron chi connectivity index (χ3n) is 4.76.